The molecule has 1 N–H and O–H groups in total. The minimum Gasteiger partial charge on any atom is -0.338 e. The Bertz CT molecular complexity index is 936. The molecule has 7 heteroatoms. The number of hydrogen-bond acceptors (Lipinski definition) is 5. The van der Waals surface area contributed by atoms with Crippen molar-refractivity contribution in [3.63, 3.8) is 0 Å². The van der Waals surface area contributed by atoms with E-state index in [1.54, 1.807) is 0 Å². The normalized spacial score (nSPS) is 15.5. The van der Waals surface area contributed by atoms with E-state index >= 15 is 0 Å². The first kappa shape index (κ1) is 18.8. The first-order valence-corrected chi connectivity index (χ1v) is 10.1. The Balaban J connectivity index is 1.28. The molecule has 3 aromatic rings. The summed E-state index contributed by atoms with van der Waals surface area (Å²) in [7, 11) is 0. The van der Waals surface area contributed by atoms with Crippen LogP contribution in [0.1, 0.15) is 18.7 Å². The zero-order chi connectivity index (χ0) is 19.3. The molecule has 0 aliphatic carbocycles. The van der Waals surface area contributed by atoms with E-state index in [4.69, 9.17) is 4.52 Å². The van der Waals surface area contributed by atoms with Crippen LogP contribution in [-0.2, 0) is 11.3 Å². The SMILES string of the molecule is O=C(Nc1cccc(Br)c1)C1CCN(Cc2nc(-c3ccccc3)no2)CC1. The van der Waals surface area contributed by atoms with Crippen LogP contribution in [0.5, 0.6) is 0 Å². The van der Waals surface area contributed by atoms with Crippen LogP contribution in [0.2, 0.25) is 0 Å². The van der Waals surface area contributed by atoms with E-state index in [0.717, 1.165) is 41.7 Å². The largest absolute Gasteiger partial charge is 0.338 e. The maximum absolute atomic E-state index is 12.5. The highest BCUT2D eigenvalue weighted by Gasteiger charge is 2.26. The van der Waals surface area contributed by atoms with E-state index < -0.39 is 0 Å². The van der Waals surface area contributed by atoms with Gasteiger partial charge in [-0.25, -0.2) is 0 Å². The first-order valence-electron chi connectivity index (χ1n) is 9.34. The van der Waals surface area contributed by atoms with Crippen LogP contribution in [0.15, 0.2) is 63.6 Å². The number of nitrogens with one attached hydrogen (secondary N) is 1. The predicted molar refractivity (Wildman–Crippen MR) is 111 cm³/mol. The van der Waals surface area contributed by atoms with Gasteiger partial charge >= 0.3 is 0 Å². The van der Waals surface area contributed by atoms with Crippen molar-refractivity contribution >= 4 is 27.5 Å². The molecule has 1 aromatic heterocycles. The van der Waals surface area contributed by atoms with Crippen molar-refractivity contribution < 1.29 is 9.32 Å². The molecule has 1 amide bonds. The number of likely N-dealkylation sites (tertiary alicyclic amines) is 1. The number of halogens is 1. The molecular weight excluding hydrogens is 420 g/mol. The van der Waals surface area contributed by atoms with Gasteiger partial charge in [0.15, 0.2) is 0 Å². The lowest BCUT2D eigenvalue weighted by molar-refractivity contribution is -0.121. The Morgan fingerprint density at radius 1 is 1.14 bits per heavy atom. The van der Waals surface area contributed by atoms with E-state index in [-0.39, 0.29) is 11.8 Å². The molecular formula is C21H21BrN4O2. The molecule has 6 nitrogen and oxygen atoms in total. The number of benzene rings is 2. The summed E-state index contributed by atoms with van der Waals surface area (Å²) >= 11 is 3.43. The Morgan fingerprint density at radius 2 is 1.93 bits per heavy atom. The summed E-state index contributed by atoms with van der Waals surface area (Å²) in [5.41, 5.74) is 1.77. The van der Waals surface area contributed by atoms with Crippen LogP contribution in [0.3, 0.4) is 0 Å². The van der Waals surface area contributed by atoms with Gasteiger partial charge in [0, 0.05) is 21.6 Å². The maximum atomic E-state index is 12.5. The zero-order valence-corrected chi connectivity index (χ0v) is 16.9. The van der Waals surface area contributed by atoms with Gasteiger partial charge in [-0.15, -0.1) is 0 Å². The van der Waals surface area contributed by atoms with Crippen LogP contribution in [0, 0.1) is 5.92 Å². The standard InChI is InChI=1S/C21H21BrN4O2/c22-17-7-4-8-18(13-17)23-21(27)16-9-11-26(12-10-16)14-19-24-20(25-28-19)15-5-2-1-3-6-15/h1-8,13,16H,9-12,14H2,(H,23,27). The molecule has 1 aliphatic heterocycles. The molecule has 2 aromatic carbocycles. The lowest BCUT2D eigenvalue weighted by atomic mass is 9.96. The summed E-state index contributed by atoms with van der Waals surface area (Å²) in [5.74, 6) is 1.33. The lowest BCUT2D eigenvalue weighted by Crippen LogP contribution is -2.37. The molecule has 0 saturated carbocycles. The van der Waals surface area contributed by atoms with Crippen molar-refractivity contribution in [3.05, 3.63) is 65.0 Å². The second kappa shape index (κ2) is 8.67. The summed E-state index contributed by atoms with van der Waals surface area (Å²) in [4.78, 5) is 19.3. The summed E-state index contributed by atoms with van der Waals surface area (Å²) in [6.07, 6.45) is 1.64. The van der Waals surface area contributed by atoms with Crippen molar-refractivity contribution in [2.24, 2.45) is 5.92 Å². The van der Waals surface area contributed by atoms with Crippen LogP contribution in [0.25, 0.3) is 11.4 Å². The molecule has 1 aliphatic rings. The molecule has 0 atom stereocenters. The van der Waals surface area contributed by atoms with E-state index in [1.807, 2.05) is 54.6 Å². The minimum absolute atomic E-state index is 0.0257. The van der Waals surface area contributed by atoms with E-state index in [1.165, 1.54) is 0 Å². The molecule has 1 fully saturated rings. The Kier molecular flexibility index (Phi) is 5.83. The van der Waals surface area contributed by atoms with Crippen LogP contribution < -0.4 is 5.32 Å². The van der Waals surface area contributed by atoms with E-state index in [0.29, 0.717) is 18.3 Å². The lowest BCUT2D eigenvalue weighted by Gasteiger charge is -2.30. The molecule has 2 heterocycles. The Morgan fingerprint density at radius 3 is 2.68 bits per heavy atom. The van der Waals surface area contributed by atoms with Crippen LogP contribution in [0.4, 0.5) is 5.69 Å². The number of amides is 1. The zero-order valence-electron chi connectivity index (χ0n) is 15.3. The van der Waals surface area contributed by atoms with Crippen molar-refractivity contribution in [2.75, 3.05) is 18.4 Å². The fourth-order valence-corrected chi connectivity index (χ4v) is 3.78. The van der Waals surface area contributed by atoms with Gasteiger partial charge in [0.25, 0.3) is 0 Å². The number of anilines is 1. The van der Waals surface area contributed by atoms with Crippen molar-refractivity contribution in [1.29, 1.82) is 0 Å². The second-order valence-electron chi connectivity index (χ2n) is 6.93. The highest BCUT2D eigenvalue weighted by Crippen LogP contribution is 2.23. The molecule has 0 radical (unpaired) electrons. The van der Waals surface area contributed by atoms with E-state index in [9.17, 15) is 4.79 Å². The molecule has 1 saturated heterocycles. The van der Waals surface area contributed by atoms with Gasteiger partial charge in [0.2, 0.25) is 17.6 Å². The summed E-state index contributed by atoms with van der Waals surface area (Å²) < 4.78 is 6.35. The third-order valence-electron chi connectivity index (χ3n) is 4.91. The molecule has 0 bridgehead atoms. The number of hydrogen-bond donors (Lipinski definition) is 1. The average Bonchev–Trinajstić information content (AvgIpc) is 3.18. The fourth-order valence-electron chi connectivity index (χ4n) is 3.38. The Labute approximate surface area is 172 Å². The number of carbonyl (C=O) groups is 1. The van der Waals surface area contributed by atoms with Crippen molar-refractivity contribution in [2.45, 2.75) is 19.4 Å². The second-order valence-corrected chi connectivity index (χ2v) is 7.84. The molecule has 0 unspecified atom stereocenters. The Hall–Kier alpha value is -2.51. The highest BCUT2D eigenvalue weighted by molar-refractivity contribution is 9.10. The fraction of sp³-hybridized carbons (Fsp3) is 0.286. The van der Waals surface area contributed by atoms with Gasteiger partial charge in [-0.2, -0.15) is 4.98 Å². The smallest absolute Gasteiger partial charge is 0.241 e. The van der Waals surface area contributed by atoms with Gasteiger partial charge < -0.3 is 9.84 Å². The monoisotopic (exact) mass is 440 g/mol. The number of aromatic nitrogens is 2. The molecule has 28 heavy (non-hydrogen) atoms. The summed E-state index contributed by atoms with van der Waals surface area (Å²) in [5, 5.41) is 7.08. The van der Waals surface area contributed by atoms with Gasteiger partial charge in [-0.3, -0.25) is 9.69 Å². The predicted octanol–water partition coefficient (Wildman–Crippen LogP) is 4.35. The quantitative estimate of drug-likeness (QED) is 0.638. The summed E-state index contributed by atoms with van der Waals surface area (Å²) in [6.45, 7) is 2.28. The minimum atomic E-state index is 0.0257. The summed E-state index contributed by atoms with van der Waals surface area (Å²) in [6, 6.07) is 17.5. The maximum Gasteiger partial charge on any atom is 0.241 e. The van der Waals surface area contributed by atoms with Gasteiger partial charge in [-0.1, -0.05) is 57.5 Å². The van der Waals surface area contributed by atoms with Crippen molar-refractivity contribution in [3.8, 4) is 11.4 Å². The van der Waals surface area contributed by atoms with Gasteiger partial charge in [-0.05, 0) is 44.1 Å². The highest BCUT2D eigenvalue weighted by atomic mass is 79.9. The average molecular weight is 441 g/mol. The molecule has 144 valence electrons. The number of carbonyl (C=O) groups excluding carboxylic acids is 1. The van der Waals surface area contributed by atoms with Crippen LogP contribution in [-0.4, -0.2) is 34.0 Å². The third kappa shape index (κ3) is 4.66. The van der Waals surface area contributed by atoms with E-state index in [2.05, 4.69) is 36.3 Å². The molecule has 4 rings (SSSR count). The first-order chi connectivity index (χ1) is 13.7. The number of nitrogens with zero attached hydrogens (tertiary/aromatic N) is 3. The molecule has 0 spiro atoms. The van der Waals surface area contributed by atoms with Crippen LogP contribution >= 0.6 is 15.9 Å². The van der Waals surface area contributed by atoms with Gasteiger partial charge in [0.05, 0.1) is 6.54 Å². The van der Waals surface area contributed by atoms with Gasteiger partial charge in [0.1, 0.15) is 0 Å². The number of rotatable bonds is 5. The van der Waals surface area contributed by atoms with Crippen molar-refractivity contribution in [1.82, 2.24) is 15.0 Å². The number of piperidine rings is 1. The topological polar surface area (TPSA) is 71.3 Å². The third-order valence-corrected chi connectivity index (χ3v) is 5.40.